The van der Waals surface area contributed by atoms with E-state index in [4.69, 9.17) is 4.42 Å². The van der Waals surface area contributed by atoms with Crippen LogP contribution in [0.15, 0.2) is 34.9 Å². The van der Waals surface area contributed by atoms with Crippen LogP contribution in [0.3, 0.4) is 0 Å². The molecule has 0 atom stereocenters. The number of anilines is 2. The molecule has 0 fully saturated rings. The van der Waals surface area contributed by atoms with Crippen LogP contribution in [-0.4, -0.2) is 18.4 Å². The van der Waals surface area contributed by atoms with Gasteiger partial charge in [-0.2, -0.15) is 0 Å². The number of fused-ring (bicyclic) bond motifs is 1. The van der Waals surface area contributed by atoms with Crippen LogP contribution in [-0.2, 0) is 11.2 Å². The number of nitrogens with one attached hydrogen (secondary N) is 1. The van der Waals surface area contributed by atoms with Gasteiger partial charge >= 0.3 is 0 Å². The highest BCUT2D eigenvalue weighted by Crippen LogP contribution is 2.30. The number of nitrogens with zero attached hydrogens (tertiary/aromatic N) is 1. The number of furan rings is 1. The summed E-state index contributed by atoms with van der Waals surface area (Å²) in [6.45, 7) is 4.01. The third kappa shape index (κ3) is 2.42. The van der Waals surface area contributed by atoms with Crippen molar-refractivity contribution in [2.45, 2.75) is 20.3 Å². The molecule has 0 aliphatic carbocycles. The van der Waals surface area contributed by atoms with Gasteiger partial charge in [0.05, 0.1) is 11.8 Å². The zero-order valence-electron chi connectivity index (χ0n) is 12.0. The minimum Gasteiger partial charge on any atom is -0.469 e. The smallest absolute Gasteiger partial charge is 0.259 e. The molecule has 1 aromatic heterocycles. The fourth-order valence-corrected chi connectivity index (χ4v) is 2.63. The molecule has 2 heterocycles. The zero-order chi connectivity index (χ0) is 15.0. The van der Waals surface area contributed by atoms with Crippen LogP contribution in [0.1, 0.15) is 28.6 Å². The summed E-state index contributed by atoms with van der Waals surface area (Å²) >= 11 is 0. The lowest BCUT2D eigenvalue weighted by Crippen LogP contribution is -2.25. The molecule has 1 aliphatic heterocycles. The van der Waals surface area contributed by atoms with Gasteiger partial charge in [0.2, 0.25) is 5.91 Å². The Morgan fingerprint density at radius 1 is 1.29 bits per heavy atom. The summed E-state index contributed by atoms with van der Waals surface area (Å²) in [5.41, 5.74) is 3.26. The van der Waals surface area contributed by atoms with Crippen molar-refractivity contribution in [2.75, 3.05) is 16.8 Å². The van der Waals surface area contributed by atoms with Crippen molar-refractivity contribution < 1.29 is 14.0 Å². The van der Waals surface area contributed by atoms with Crippen molar-refractivity contribution in [3.63, 3.8) is 0 Å². The Morgan fingerprint density at radius 3 is 2.76 bits per heavy atom. The lowest BCUT2D eigenvalue weighted by atomic mass is 10.1. The van der Waals surface area contributed by atoms with Crippen molar-refractivity contribution in [2.24, 2.45) is 0 Å². The van der Waals surface area contributed by atoms with Gasteiger partial charge < -0.3 is 14.6 Å². The largest absolute Gasteiger partial charge is 0.469 e. The molecule has 3 rings (SSSR count). The Kier molecular flexibility index (Phi) is 3.25. The molecule has 1 aliphatic rings. The highest BCUT2D eigenvalue weighted by Gasteiger charge is 2.22. The van der Waals surface area contributed by atoms with E-state index in [9.17, 15) is 9.59 Å². The first-order valence-electron chi connectivity index (χ1n) is 6.83. The van der Waals surface area contributed by atoms with Gasteiger partial charge in [-0.3, -0.25) is 9.59 Å². The predicted octanol–water partition coefficient (Wildman–Crippen LogP) is 2.75. The Labute approximate surface area is 122 Å². The summed E-state index contributed by atoms with van der Waals surface area (Å²) in [5.74, 6) is 0.443. The van der Waals surface area contributed by atoms with E-state index in [1.54, 1.807) is 24.8 Å². The third-order valence-corrected chi connectivity index (χ3v) is 3.72. The normalized spacial score (nSPS) is 13.1. The fraction of sp³-hybridized carbons (Fsp3) is 0.250. The quantitative estimate of drug-likeness (QED) is 0.922. The lowest BCUT2D eigenvalue weighted by molar-refractivity contribution is -0.116. The standard InChI is InChI=1S/C16H16N2O3/c1-10-14(6-8-21-10)16(20)17-13-3-4-15-12(9-13)5-7-18(15)11(2)19/h3-4,6,8-9H,5,7H2,1-2H3,(H,17,20). The highest BCUT2D eigenvalue weighted by atomic mass is 16.3. The van der Waals surface area contributed by atoms with Gasteiger partial charge in [-0.05, 0) is 43.2 Å². The van der Waals surface area contributed by atoms with Crippen LogP contribution in [0.5, 0.6) is 0 Å². The molecule has 5 nitrogen and oxygen atoms in total. The van der Waals surface area contributed by atoms with Crippen molar-refractivity contribution in [3.05, 3.63) is 47.4 Å². The van der Waals surface area contributed by atoms with Gasteiger partial charge in [-0.1, -0.05) is 0 Å². The van der Waals surface area contributed by atoms with Crippen molar-refractivity contribution in [3.8, 4) is 0 Å². The van der Waals surface area contributed by atoms with Crippen molar-refractivity contribution in [1.82, 2.24) is 0 Å². The number of carbonyl (C=O) groups is 2. The minimum absolute atomic E-state index is 0.0413. The summed E-state index contributed by atoms with van der Waals surface area (Å²) in [5, 5.41) is 2.86. The molecule has 5 heteroatoms. The molecule has 0 radical (unpaired) electrons. The van der Waals surface area contributed by atoms with E-state index in [0.717, 1.165) is 23.4 Å². The molecule has 108 valence electrons. The minimum atomic E-state index is -0.192. The molecule has 0 bridgehead atoms. The maximum atomic E-state index is 12.1. The van der Waals surface area contributed by atoms with E-state index in [1.165, 1.54) is 6.26 Å². The van der Waals surface area contributed by atoms with Gasteiger partial charge in [-0.25, -0.2) is 0 Å². The zero-order valence-corrected chi connectivity index (χ0v) is 12.0. The first-order valence-corrected chi connectivity index (χ1v) is 6.83. The summed E-state index contributed by atoms with van der Waals surface area (Å²) < 4.78 is 5.13. The number of amides is 2. The number of carbonyl (C=O) groups excluding carboxylic acids is 2. The van der Waals surface area contributed by atoms with Crippen molar-refractivity contribution >= 4 is 23.2 Å². The van der Waals surface area contributed by atoms with Gasteiger partial charge in [0.15, 0.2) is 0 Å². The second-order valence-corrected chi connectivity index (χ2v) is 5.11. The number of hydrogen-bond donors (Lipinski definition) is 1. The van der Waals surface area contributed by atoms with Crippen LogP contribution < -0.4 is 10.2 Å². The average Bonchev–Trinajstić information content (AvgIpc) is 3.04. The van der Waals surface area contributed by atoms with E-state index in [1.807, 2.05) is 18.2 Å². The fourth-order valence-electron chi connectivity index (χ4n) is 2.63. The highest BCUT2D eigenvalue weighted by molar-refractivity contribution is 6.05. The van der Waals surface area contributed by atoms with Gasteiger partial charge in [-0.15, -0.1) is 0 Å². The lowest BCUT2D eigenvalue weighted by Gasteiger charge is -2.15. The first-order chi connectivity index (χ1) is 10.1. The van der Waals surface area contributed by atoms with Gasteiger partial charge in [0.1, 0.15) is 5.76 Å². The number of benzene rings is 1. The molecule has 0 unspecified atom stereocenters. The summed E-state index contributed by atoms with van der Waals surface area (Å²) in [6, 6.07) is 7.26. The Hall–Kier alpha value is -2.56. The number of aryl methyl sites for hydroxylation is 1. The second-order valence-electron chi connectivity index (χ2n) is 5.11. The predicted molar refractivity (Wildman–Crippen MR) is 79.6 cm³/mol. The number of hydrogen-bond acceptors (Lipinski definition) is 3. The van der Waals surface area contributed by atoms with E-state index >= 15 is 0 Å². The molecule has 2 aromatic rings. The Morgan fingerprint density at radius 2 is 2.10 bits per heavy atom. The second kappa shape index (κ2) is 5.09. The molecule has 0 spiro atoms. The monoisotopic (exact) mass is 284 g/mol. The van der Waals surface area contributed by atoms with Crippen LogP contribution in [0.2, 0.25) is 0 Å². The molecule has 0 saturated carbocycles. The van der Waals surface area contributed by atoms with E-state index in [2.05, 4.69) is 5.32 Å². The molecule has 0 saturated heterocycles. The molecule has 2 amide bonds. The van der Waals surface area contributed by atoms with Gasteiger partial charge in [0.25, 0.3) is 5.91 Å². The molecule has 1 N–H and O–H groups in total. The topological polar surface area (TPSA) is 62.6 Å². The van der Waals surface area contributed by atoms with Crippen LogP contribution in [0.25, 0.3) is 0 Å². The summed E-state index contributed by atoms with van der Waals surface area (Å²) in [4.78, 5) is 25.4. The van der Waals surface area contributed by atoms with Crippen LogP contribution in [0.4, 0.5) is 11.4 Å². The third-order valence-electron chi connectivity index (χ3n) is 3.72. The molecular weight excluding hydrogens is 268 g/mol. The van der Waals surface area contributed by atoms with E-state index in [-0.39, 0.29) is 11.8 Å². The Balaban J connectivity index is 1.81. The summed E-state index contributed by atoms with van der Waals surface area (Å²) in [7, 11) is 0. The Bertz CT molecular complexity index is 718. The van der Waals surface area contributed by atoms with E-state index in [0.29, 0.717) is 17.9 Å². The molecule has 21 heavy (non-hydrogen) atoms. The van der Waals surface area contributed by atoms with Gasteiger partial charge in [0, 0.05) is 24.8 Å². The average molecular weight is 284 g/mol. The van der Waals surface area contributed by atoms with Crippen LogP contribution >= 0.6 is 0 Å². The van der Waals surface area contributed by atoms with Crippen molar-refractivity contribution in [1.29, 1.82) is 0 Å². The SMILES string of the molecule is CC(=O)N1CCc2cc(NC(=O)c3ccoc3C)ccc21. The molecule has 1 aromatic carbocycles. The maximum Gasteiger partial charge on any atom is 0.259 e. The summed E-state index contributed by atoms with van der Waals surface area (Å²) in [6.07, 6.45) is 2.31. The van der Waals surface area contributed by atoms with E-state index < -0.39 is 0 Å². The number of rotatable bonds is 2. The first kappa shape index (κ1) is 13.4. The maximum absolute atomic E-state index is 12.1. The van der Waals surface area contributed by atoms with Crippen LogP contribution in [0, 0.1) is 6.92 Å². The molecular formula is C16H16N2O3.